The number of fused-ring (bicyclic) bond motifs is 1. The lowest BCUT2D eigenvalue weighted by atomic mass is 9.98. The quantitative estimate of drug-likeness (QED) is 0.663. The van der Waals surface area contributed by atoms with Crippen molar-refractivity contribution in [2.75, 3.05) is 6.61 Å². The summed E-state index contributed by atoms with van der Waals surface area (Å²) in [4.78, 5) is 25.5. The summed E-state index contributed by atoms with van der Waals surface area (Å²) in [6, 6.07) is 11.4. The van der Waals surface area contributed by atoms with Crippen molar-refractivity contribution in [2.45, 2.75) is 26.7 Å². The standard InChI is InChI=1S/C21H20ClNO4/c1-4-27-21(26)12(2)19-13(3)23(18-10-9-16(24)11-17(18)19)20(25)14-5-7-15(22)8-6-14/h5-12,24H,4H2,1-3H3/t12-/m1/s1. The second-order valence-corrected chi connectivity index (χ2v) is 6.76. The van der Waals surface area contributed by atoms with Crippen molar-refractivity contribution < 1.29 is 19.4 Å². The summed E-state index contributed by atoms with van der Waals surface area (Å²) in [5.41, 5.74) is 2.40. The molecule has 3 aromatic rings. The molecule has 1 aromatic heterocycles. The second-order valence-electron chi connectivity index (χ2n) is 6.32. The molecule has 3 rings (SSSR count). The lowest BCUT2D eigenvalue weighted by molar-refractivity contribution is -0.144. The fourth-order valence-electron chi connectivity index (χ4n) is 3.35. The van der Waals surface area contributed by atoms with Gasteiger partial charge in [-0.1, -0.05) is 11.6 Å². The average molecular weight is 386 g/mol. The van der Waals surface area contributed by atoms with Gasteiger partial charge in [-0.15, -0.1) is 0 Å². The van der Waals surface area contributed by atoms with Gasteiger partial charge in [-0.05, 0) is 68.8 Å². The van der Waals surface area contributed by atoms with E-state index in [9.17, 15) is 14.7 Å². The molecule has 1 N–H and O–H groups in total. The van der Waals surface area contributed by atoms with E-state index in [-0.39, 0.29) is 24.2 Å². The zero-order valence-electron chi connectivity index (χ0n) is 15.3. The Morgan fingerprint density at radius 2 is 1.85 bits per heavy atom. The molecule has 0 saturated carbocycles. The predicted molar refractivity (Wildman–Crippen MR) is 105 cm³/mol. The minimum absolute atomic E-state index is 0.0656. The molecule has 0 fully saturated rings. The van der Waals surface area contributed by atoms with E-state index in [0.717, 1.165) is 0 Å². The van der Waals surface area contributed by atoms with Crippen LogP contribution in [0, 0.1) is 6.92 Å². The summed E-state index contributed by atoms with van der Waals surface area (Å²) in [7, 11) is 0. The molecule has 1 heterocycles. The molecule has 27 heavy (non-hydrogen) atoms. The number of phenols is 1. The molecular formula is C21H20ClNO4. The largest absolute Gasteiger partial charge is 0.508 e. The van der Waals surface area contributed by atoms with Crippen molar-refractivity contribution in [1.29, 1.82) is 0 Å². The second kappa shape index (κ2) is 7.45. The van der Waals surface area contributed by atoms with Crippen LogP contribution in [-0.2, 0) is 9.53 Å². The van der Waals surface area contributed by atoms with Crippen LogP contribution in [0.3, 0.4) is 0 Å². The first-order valence-corrected chi connectivity index (χ1v) is 9.03. The number of hydrogen-bond donors (Lipinski definition) is 1. The number of phenolic OH excluding ortho intramolecular Hbond substituents is 1. The molecule has 5 nitrogen and oxygen atoms in total. The molecule has 0 aliphatic heterocycles. The Kier molecular flexibility index (Phi) is 5.24. The first-order chi connectivity index (χ1) is 12.8. The number of hydrogen-bond acceptors (Lipinski definition) is 4. The van der Waals surface area contributed by atoms with Gasteiger partial charge in [0.05, 0.1) is 18.0 Å². The molecule has 140 valence electrons. The first kappa shape index (κ1) is 19.0. The highest BCUT2D eigenvalue weighted by Gasteiger charge is 2.27. The molecule has 0 aliphatic carbocycles. The summed E-state index contributed by atoms with van der Waals surface area (Å²) in [5, 5.41) is 11.1. The average Bonchev–Trinajstić information content (AvgIpc) is 2.92. The van der Waals surface area contributed by atoms with Gasteiger partial charge in [-0.3, -0.25) is 14.2 Å². The minimum Gasteiger partial charge on any atom is -0.508 e. The Bertz CT molecular complexity index is 1020. The molecule has 0 spiro atoms. The monoisotopic (exact) mass is 385 g/mol. The van der Waals surface area contributed by atoms with E-state index in [1.54, 1.807) is 61.7 Å². The Labute approximate surface area is 162 Å². The lowest BCUT2D eigenvalue weighted by Gasteiger charge is -2.12. The lowest BCUT2D eigenvalue weighted by Crippen LogP contribution is -2.16. The van der Waals surface area contributed by atoms with Crippen molar-refractivity contribution in [3.63, 3.8) is 0 Å². The fraction of sp³-hybridized carbons (Fsp3) is 0.238. The molecule has 0 bridgehead atoms. The minimum atomic E-state index is -0.575. The molecule has 0 amide bonds. The molecule has 1 atom stereocenters. The first-order valence-electron chi connectivity index (χ1n) is 8.66. The van der Waals surface area contributed by atoms with Crippen LogP contribution in [0.15, 0.2) is 42.5 Å². The van der Waals surface area contributed by atoms with Crippen LogP contribution in [0.25, 0.3) is 10.9 Å². The number of ether oxygens (including phenoxy) is 1. The highest BCUT2D eigenvalue weighted by molar-refractivity contribution is 6.30. The number of rotatable bonds is 4. The van der Waals surface area contributed by atoms with Crippen molar-refractivity contribution in [2.24, 2.45) is 0 Å². The molecule has 6 heteroatoms. The maximum absolute atomic E-state index is 13.2. The third-order valence-electron chi connectivity index (χ3n) is 4.60. The third-order valence-corrected chi connectivity index (χ3v) is 4.86. The van der Waals surface area contributed by atoms with E-state index in [1.165, 1.54) is 6.07 Å². The summed E-state index contributed by atoms with van der Waals surface area (Å²) in [6.45, 7) is 5.54. The van der Waals surface area contributed by atoms with Crippen molar-refractivity contribution in [3.05, 3.63) is 64.3 Å². The highest BCUT2D eigenvalue weighted by Crippen LogP contribution is 2.35. The number of benzene rings is 2. The zero-order chi connectivity index (χ0) is 19.7. The van der Waals surface area contributed by atoms with Gasteiger partial charge < -0.3 is 9.84 Å². The normalized spacial score (nSPS) is 12.1. The maximum Gasteiger partial charge on any atom is 0.313 e. The van der Waals surface area contributed by atoms with Gasteiger partial charge in [-0.2, -0.15) is 0 Å². The van der Waals surface area contributed by atoms with Crippen LogP contribution >= 0.6 is 11.6 Å². The Morgan fingerprint density at radius 1 is 1.19 bits per heavy atom. The fourth-order valence-corrected chi connectivity index (χ4v) is 3.47. The van der Waals surface area contributed by atoms with E-state index in [0.29, 0.717) is 32.7 Å². The number of nitrogens with zero attached hydrogens (tertiary/aromatic N) is 1. The number of carbonyl (C=O) groups is 2. The number of aromatic hydroxyl groups is 1. The predicted octanol–water partition coefficient (Wildman–Crippen LogP) is 4.66. The van der Waals surface area contributed by atoms with Crippen LogP contribution in [0.2, 0.25) is 5.02 Å². The summed E-state index contributed by atoms with van der Waals surface area (Å²) in [5.74, 6) is -1.12. The SMILES string of the molecule is CCOC(=O)[C@H](C)c1c(C)n(C(=O)c2ccc(Cl)cc2)c2ccc(O)cc12. The van der Waals surface area contributed by atoms with Gasteiger partial charge in [0.1, 0.15) is 5.75 Å². The number of halogens is 1. The van der Waals surface area contributed by atoms with Crippen LogP contribution < -0.4 is 0 Å². The third kappa shape index (κ3) is 3.43. The molecule has 2 aromatic carbocycles. The van der Waals surface area contributed by atoms with E-state index in [2.05, 4.69) is 0 Å². The summed E-state index contributed by atoms with van der Waals surface area (Å²) < 4.78 is 6.71. The van der Waals surface area contributed by atoms with Crippen molar-refractivity contribution >= 4 is 34.4 Å². The van der Waals surface area contributed by atoms with Crippen molar-refractivity contribution in [1.82, 2.24) is 4.57 Å². The maximum atomic E-state index is 13.2. The molecule has 0 saturated heterocycles. The van der Waals surface area contributed by atoms with Crippen molar-refractivity contribution in [3.8, 4) is 5.75 Å². The van der Waals surface area contributed by atoms with Crippen LogP contribution in [0.4, 0.5) is 0 Å². The summed E-state index contributed by atoms with van der Waals surface area (Å²) in [6.07, 6.45) is 0. The molecule has 0 aliphatic rings. The van der Waals surface area contributed by atoms with E-state index in [4.69, 9.17) is 16.3 Å². The van der Waals surface area contributed by atoms with Crippen LogP contribution in [0.5, 0.6) is 5.75 Å². The number of carbonyl (C=O) groups excluding carboxylic acids is 2. The Hall–Kier alpha value is -2.79. The topological polar surface area (TPSA) is 68.5 Å². The van der Waals surface area contributed by atoms with Gasteiger partial charge in [0.15, 0.2) is 0 Å². The smallest absolute Gasteiger partial charge is 0.313 e. The van der Waals surface area contributed by atoms with E-state index < -0.39 is 5.92 Å². The van der Waals surface area contributed by atoms with Gasteiger partial charge in [0.25, 0.3) is 5.91 Å². The van der Waals surface area contributed by atoms with Crippen LogP contribution in [-0.4, -0.2) is 28.2 Å². The van der Waals surface area contributed by atoms with Gasteiger partial charge in [0.2, 0.25) is 0 Å². The molecular weight excluding hydrogens is 366 g/mol. The number of aromatic nitrogens is 1. The molecule has 0 radical (unpaired) electrons. The zero-order valence-corrected chi connectivity index (χ0v) is 16.1. The van der Waals surface area contributed by atoms with E-state index >= 15 is 0 Å². The molecule has 0 unspecified atom stereocenters. The van der Waals surface area contributed by atoms with Crippen LogP contribution in [0.1, 0.15) is 41.4 Å². The Morgan fingerprint density at radius 3 is 2.48 bits per heavy atom. The van der Waals surface area contributed by atoms with E-state index in [1.807, 2.05) is 0 Å². The Balaban J connectivity index is 2.22. The van der Waals surface area contributed by atoms with Gasteiger partial charge in [0, 0.05) is 21.7 Å². The van der Waals surface area contributed by atoms with Gasteiger partial charge in [-0.25, -0.2) is 0 Å². The van der Waals surface area contributed by atoms with Gasteiger partial charge >= 0.3 is 5.97 Å². The number of esters is 1. The highest BCUT2D eigenvalue weighted by atomic mass is 35.5. The summed E-state index contributed by atoms with van der Waals surface area (Å²) >= 11 is 5.92.